The Kier molecular flexibility index (Phi) is 3.96. The number of aromatic nitrogens is 1. The third kappa shape index (κ3) is 2.89. The molecule has 1 aromatic heterocycles. The zero-order valence-electron chi connectivity index (χ0n) is 15.6. The minimum atomic E-state index is -0.426. The molecular formula is C24H17ClN2O2. The maximum atomic E-state index is 12.7. The summed E-state index contributed by atoms with van der Waals surface area (Å²) in [6.07, 6.45) is 0. The lowest BCUT2D eigenvalue weighted by atomic mass is 10.1. The quantitative estimate of drug-likeness (QED) is 0.209. The molecule has 0 spiro atoms. The van der Waals surface area contributed by atoms with Gasteiger partial charge < -0.3 is 15.5 Å². The molecular weight excluding hydrogens is 384 g/mol. The van der Waals surface area contributed by atoms with E-state index in [1.165, 1.54) is 0 Å². The summed E-state index contributed by atoms with van der Waals surface area (Å²) in [5, 5.41) is 4.86. The first-order valence-electron chi connectivity index (χ1n) is 9.22. The van der Waals surface area contributed by atoms with Crippen LogP contribution in [-0.2, 0) is 0 Å². The van der Waals surface area contributed by atoms with Crippen LogP contribution < -0.4 is 10.5 Å². The van der Waals surface area contributed by atoms with Crippen molar-refractivity contribution in [3.05, 3.63) is 82.9 Å². The molecule has 5 rings (SSSR count). The highest BCUT2D eigenvalue weighted by molar-refractivity contribution is 6.32. The van der Waals surface area contributed by atoms with E-state index in [4.69, 9.17) is 22.1 Å². The zero-order valence-corrected chi connectivity index (χ0v) is 16.4. The first kappa shape index (κ1) is 17.6. The second kappa shape index (κ2) is 6.54. The summed E-state index contributed by atoms with van der Waals surface area (Å²) < 4.78 is 5.66. The monoisotopic (exact) mass is 400 g/mol. The van der Waals surface area contributed by atoms with Gasteiger partial charge in [-0.15, -0.1) is 0 Å². The fourth-order valence-corrected chi connectivity index (χ4v) is 3.91. The van der Waals surface area contributed by atoms with Gasteiger partial charge in [-0.05, 0) is 60.3 Å². The predicted octanol–water partition coefficient (Wildman–Crippen LogP) is 6.24. The van der Waals surface area contributed by atoms with Crippen LogP contribution in [0.4, 0.5) is 5.69 Å². The number of nitrogens with one attached hydrogen (secondary N) is 1. The zero-order chi connectivity index (χ0) is 20.1. The second-order valence-electron chi connectivity index (χ2n) is 7.10. The topological polar surface area (TPSA) is 68.1 Å². The highest BCUT2D eigenvalue weighted by Crippen LogP contribution is 2.34. The third-order valence-electron chi connectivity index (χ3n) is 5.33. The van der Waals surface area contributed by atoms with Crippen molar-refractivity contribution in [3.63, 3.8) is 0 Å². The van der Waals surface area contributed by atoms with Crippen LogP contribution in [0.1, 0.15) is 15.9 Å². The molecule has 1 heterocycles. The molecule has 5 heteroatoms. The Hall–Kier alpha value is -3.50. The lowest BCUT2D eigenvalue weighted by Crippen LogP contribution is -2.11. The van der Waals surface area contributed by atoms with Crippen LogP contribution in [0.15, 0.2) is 66.7 Å². The fraction of sp³-hybridized carbons (Fsp3) is 0.0417. The van der Waals surface area contributed by atoms with E-state index < -0.39 is 5.97 Å². The molecule has 0 unspecified atom stereocenters. The number of anilines is 1. The minimum absolute atomic E-state index is 0.426. The Balaban J connectivity index is 1.62. The third-order valence-corrected chi connectivity index (χ3v) is 5.57. The second-order valence-corrected chi connectivity index (χ2v) is 7.53. The van der Waals surface area contributed by atoms with Gasteiger partial charge in [0.25, 0.3) is 0 Å². The van der Waals surface area contributed by atoms with Gasteiger partial charge in [0.15, 0.2) is 0 Å². The smallest absolute Gasteiger partial charge is 0.343 e. The van der Waals surface area contributed by atoms with Crippen LogP contribution in [0, 0.1) is 6.92 Å². The lowest BCUT2D eigenvalue weighted by molar-refractivity contribution is 0.0734. The van der Waals surface area contributed by atoms with Crippen LogP contribution in [0.5, 0.6) is 5.75 Å². The van der Waals surface area contributed by atoms with Crippen molar-refractivity contribution >= 4 is 55.8 Å². The number of rotatable bonds is 2. The maximum absolute atomic E-state index is 12.7. The number of halogens is 1. The molecule has 0 aliphatic rings. The maximum Gasteiger partial charge on any atom is 0.343 e. The summed E-state index contributed by atoms with van der Waals surface area (Å²) in [5.74, 6) is 0.0540. The van der Waals surface area contributed by atoms with Gasteiger partial charge in [0.05, 0.1) is 11.1 Å². The highest BCUT2D eigenvalue weighted by atomic mass is 35.5. The number of carbonyl (C=O) groups excluding carboxylic acids is 1. The molecule has 142 valence electrons. The van der Waals surface area contributed by atoms with E-state index in [1.54, 1.807) is 24.3 Å². The van der Waals surface area contributed by atoms with Gasteiger partial charge in [0, 0.05) is 32.4 Å². The van der Waals surface area contributed by atoms with Crippen LogP contribution >= 0.6 is 11.6 Å². The van der Waals surface area contributed by atoms with Crippen molar-refractivity contribution in [2.75, 3.05) is 5.73 Å². The number of fused-ring (bicyclic) bond motifs is 5. The summed E-state index contributed by atoms with van der Waals surface area (Å²) in [4.78, 5) is 16.1. The number of nitrogen functional groups attached to an aromatic ring is 1. The number of esters is 1. The number of H-pyrrole nitrogens is 1. The molecule has 0 amide bonds. The first-order chi connectivity index (χ1) is 14.0. The standard InChI is InChI=1S/C24H17ClN2O2/c1-13-17(3-2-4-21(13)26)24(28)29-16-8-5-14-6-9-18-20-11-15(25)7-10-22(20)27-23(18)19(14)12-16/h2-12,27H,26H2,1H3. The molecule has 0 fully saturated rings. The number of ether oxygens (including phenoxy) is 1. The normalized spacial score (nSPS) is 11.4. The molecule has 0 aliphatic carbocycles. The van der Waals surface area contributed by atoms with Crippen LogP contribution in [0.3, 0.4) is 0 Å². The number of carbonyl (C=O) groups is 1. The van der Waals surface area contributed by atoms with Gasteiger partial charge >= 0.3 is 5.97 Å². The highest BCUT2D eigenvalue weighted by Gasteiger charge is 2.14. The summed E-state index contributed by atoms with van der Waals surface area (Å²) in [6, 6.07) is 20.8. The van der Waals surface area contributed by atoms with Gasteiger partial charge in [-0.3, -0.25) is 0 Å². The van der Waals surface area contributed by atoms with Crippen LogP contribution in [-0.4, -0.2) is 11.0 Å². The summed E-state index contributed by atoms with van der Waals surface area (Å²) >= 11 is 6.18. The number of hydrogen-bond donors (Lipinski definition) is 2. The molecule has 4 aromatic carbocycles. The van der Waals surface area contributed by atoms with Crippen LogP contribution in [0.2, 0.25) is 5.02 Å². The summed E-state index contributed by atoms with van der Waals surface area (Å²) in [7, 11) is 0. The van der Waals surface area contributed by atoms with Crippen molar-refractivity contribution < 1.29 is 9.53 Å². The molecule has 0 radical (unpaired) electrons. The SMILES string of the molecule is Cc1c(N)cccc1C(=O)Oc1ccc2ccc3c4cc(Cl)ccc4[nH]c3c2c1. The van der Waals surface area contributed by atoms with Gasteiger partial charge in [-0.25, -0.2) is 4.79 Å². The van der Waals surface area contributed by atoms with Gasteiger partial charge in [-0.1, -0.05) is 35.9 Å². The summed E-state index contributed by atoms with van der Waals surface area (Å²) in [5.41, 5.74) is 9.65. The molecule has 0 saturated carbocycles. The molecule has 0 saturated heterocycles. The number of hydrogen-bond acceptors (Lipinski definition) is 3. The fourth-order valence-electron chi connectivity index (χ4n) is 3.74. The van der Waals surface area contributed by atoms with Crippen molar-refractivity contribution in [1.82, 2.24) is 4.98 Å². The molecule has 29 heavy (non-hydrogen) atoms. The number of aromatic amines is 1. The van der Waals surface area contributed by atoms with Gasteiger partial charge in [-0.2, -0.15) is 0 Å². The van der Waals surface area contributed by atoms with Crippen LogP contribution in [0.25, 0.3) is 32.6 Å². The predicted molar refractivity (Wildman–Crippen MR) is 119 cm³/mol. The van der Waals surface area contributed by atoms with Crippen molar-refractivity contribution in [2.45, 2.75) is 6.92 Å². The van der Waals surface area contributed by atoms with Crippen molar-refractivity contribution in [1.29, 1.82) is 0 Å². The molecule has 4 nitrogen and oxygen atoms in total. The van der Waals surface area contributed by atoms with E-state index in [-0.39, 0.29) is 0 Å². The molecule has 0 aliphatic heterocycles. The van der Waals surface area contributed by atoms with E-state index >= 15 is 0 Å². The van der Waals surface area contributed by atoms with E-state index in [0.717, 1.165) is 32.6 Å². The average Bonchev–Trinajstić information content (AvgIpc) is 3.08. The Morgan fingerprint density at radius 2 is 1.79 bits per heavy atom. The number of benzene rings is 4. The van der Waals surface area contributed by atoms with E-state index in [2.05, 4.69) is 17.1 Å². The lowest BCUT2D eigenvalue weighted by Gasteiger charge is -2.09. The van der Waals surface area contributed by atoms with E-state index in [9.17, 15) is 4.79 Å². The molecule has 3 N–H and O–H groups in total. The Morgan fingerprint density at radius 3 is 2.66 bits per heavy atom. The molecule has 5 aromatic rings. The molecule has 0 atom stereocenters. The number of nitrogens with two attached hydrogens (primary N) is 1. The van der Waals surface area contributed by atoms with Gasteiger partial charge in [0.2, 0.25) is 0 Å². The minimum Gasteiger partial charge on any atom is -0.423 e. The largest absolute Gasteiger partial charge is 0.423 e. The Morgan fingerprint density at radius 1 is 0.966 bits per heavy atom. The molecule has 0 bridgehead atoms. The Bertz CT molecular complexity index is 1440. The van der Waals surface area contributed by atoms with Crippen molar-refractivity contribution in [2.24, 2.45) is 0 Å². The Labute approximate surface area is 171 Å². The summed E-state index contributed by atoms with van der Waals surface area (Å²) in [6.45, 7) is 1.81. The van der Waals surface area contributed by atoms with Crippen molar-refractivity contribution in [3.8, 4) is 5.75 Å². The van der Waals surface area contributed by atoms with E-state index in [0.29, 0.717) is 27.6 Å². The average molecular weight is 401 g/mol. The van der Waals surface area contributed by atoms with Gasteiger partial charge in [0.1, 0.15) is 5.75 Å². The first-order valence-corrected chi connectivity index (χ1v) is 9.60. The van der Waals surface area contributed by atoms with E-state index in [1.807, 2.05) is 37.3 Å².